The van der Waals surface area contributed by atoms with E-state index in [1.807, 2.05) is 30.0 Å². The lowest BCUT2D eigenvalue weighted by molar-refractivity contribution is 0.112. The fraction of sp³-hybridized carbons (Fsp3) is 0.357. The largest absolute Gasteiger partial charge is 0.298 e. The van der Waals surface area contributed by atoms with Crippen LogP contribution >= 0.6 is 11.8 Å². The molecule has 1 heterocycles. The second-order valence-electron chi connectivity index (χ2n) is 4.52. The topological polar surface area (TPSA) is 17.1 Å². The van der Waals surface area contributed by atoms with Gasteiger partial charge in [0.2, 0.25) is 0 Å². The van der Waals surface area contributed by atoms with Crippen LogP contribution in [0, 0.1) is 5.92 Å². The van der Waals surface area contributed by atoms with Crippen LogP contribution < -0.4 is 0 Å². The Hall–Kier alpha value is -1.02. The lowest BCUT2D eigenvalue weighted by Crippen LogP contribution is -2.13. The molecule has 2 heteroatoms. The number of rotatable bonds is 2. The van der Waals surface area contributed by atoms with E-state index in [0.29, 0.717) is 11.2 Å². The molecule has 1 aromatic rings. The third-order valence-corrected chi connectivity index (χ3v) is 5.02. The van der Waals surface area contributed by atoms with Gasteiger partial charge in [-0.25, -0.2) is 0 Å². The molecule has 1 aromatic carbocycles. The van der Waals surface area contributed by atoms with Crippen molar-refractivity contribution in [3.05, 3.63) is 46.9 Å². The second kappa shape index (κ2) is 4.10. The fourth-order valence-corrected chi connectivity index (χ4v) is 4.30. The maximum atomic E-state index is 11.1. The van der Waals surface area contributed by atoms with Crippen molar-refractivity contribution in [2.45, 2.75) is 24.0 Å². The van der Waals surface area contributed by atoms with Crippen molar-refractivity contribution in [3.63, 3.8) is 0 Å². The zero-order valence-corrected chi connectivity index (χ0v) is 9.82. The lowest BCUT2D eigenvalue weighted by Gasteiger charge is -2.19. The van der Waals surface area contributed by atoms with Gasteiger partial charge in [0.15, 0.2) is 0 Å². The summed E-state index contributed by atoms with van der Waals surface area (Å²) in [7, 11) is 0. The highest BCUT2D eigenvalue weighted by Gasteiger charge is 2.38. The Kier molecular flexibility index (Phi) is 2.60. The standard InChI is InChI=1S/C14H14OS/c15-9-11-3-1-2-4-12(11)13-6-5-10-7-8-16-14(10)13/h1-4,7-10,13-14H,5-6H2. The monoisotopic (exact) mass is 230 g/mol. The van der Waals surface area contributed by atoms with Gasteiger partial charge in [0.05, 0.1) is 0 Å². The van der Waals surface area contributed by atoms with Crippen molar-refractivity contribution in [2.75, 3.05) is 0 Å². The predicted octanol–water partition coefficient (Wildman–Crippen LogP) is 3.62. The molecule has 0 amide bonds. The minimum absolute atomic E-state index is 0.561. The minimum Gasteiger partial charge on any atom is -0.298 e. The summed E-state index contributed by atoms with van der Waals surface area (Å²) in [4.78, 5) is 11.1. The molecule has 16 heavy (non-hydrogen) atoms. The molecule has 3 atom stereocenters. The molecule has 3 unspecified atom stereocenters. The predicted molar refractivity (Wildman–Crippen MR) is 67.8 cm³/mol. The van der Waals surface area contributed by atoms with Crippen molar-refractivity contribution in [1.29, 1.82) is 0 Å². The molecule has 1 aliphatic heterocycles. The average Bonchev–Trinajstić information content (AvgIpc) is 2.91. The molecule has 2 aliphatic rings. The van der Waals surface area contributed by atoms with Crippen LogP contribution in [-0.2, 0) is 0 Å². The number of aldehydes is 1. The van der Waals surface area contributed by atoms with E-state index < -0.39 is 0 Å². The number of hydrogen-bond donors (Lipinski definition) is 0. The van der Waals surface area contributed by atoms with E-state index in [-0.39, 0.29) is 0 Å². The summed E-state index contributed by atoms with van der Waals surface area (Å²) in [6.07, 6.45) is 5.82. The Morgan fingerprint density at radius 3 is 3.00 bits per heavy atom. The molecule has 0 spiro atoms. The summed E-state index contributed by atoms with van der Waals surface area (Å²) in [5.74, 6) is 1.29. The van der Waals surface area contributed by atoms with Gasteiger partial charge in [-0.2, -0.15) is 0 Å². The molecule has 3 rings (SSSR count). The quantitative estimate of drug-likeness (QED) is 0.722. The molecule has 0 N–H and O–H groups in total. The van der Waals surface area contributed by atoms with Crippen molar-refractivity contribution in [3.8, 4) is 0 Å². The summed E-state index contributed by atoms with van der Waals surface area (Å²) < 4.78 is 0. The number of fused-ring (bicyclic) bond motifs is 1. The van der Waals surface area contributed by atoms with E-state index in [1.165, 1.54) is 18.4 Å². The van der Waals surface area contributed by atoms with Crippen LogP contribution in [0.1, 0.15) is 34.7 Å². The highest BCUT2D eigenvalue weighted by molar-refractivity contribution is 8.03. The summed E-state index contributed by atoms with van der Waals surface area (Å²) >= 11 is 1.94. The first-order valence-electron chi connectivity index (χ1n) is 5.76. The summed E-state index contributed by atoms with van der Waals surface area (Å²) in [5.41, 5.74) is 2.13. The van der Waals surface area contributed by atoms with Crippen LogP contribution in [0.3, 0.4) is 0 Å². The molecule has 0 aromatic heterocycles. The van der Waals surface area contributed by atoms with E-state index in [9.17, 15) is 4.79 Å². The highest BCUT2D eigenvalue weighted by atomic mass is 32.2. The SMILES string of the molecule is O=Cc1ccccc1C1CCC2C=CSC21. The number of hydrogen-bond acceptors (Lipinski definition) is 2. The summed E-state index contributed by atoms with van der Waals surface area (Å²) in [6.45, 7) is 0. The summed E-state index contributed by atoms with van der Waals surface area (Å²) in [5, 5.41) is 2.89. The van der Waals surface area contributed by atoms with Gasteiger partial charge in [-0.15, -0.1) is 11.8 Å². The van der Waals surface area contributed by atoms with Crippen LogP contribution in [0.25, 0.3) is 0 Å². The third-order valence-electron chi connectivity index (χ3n) is 3.71. The van der Waals surface area contributed by atoms with Gasteiger partial charge in [0, 0.05) is 10.8 Å². The molecule has 1 aliphatic carbocycles. The Balaban J connectivity index is 1.95. The number of thioether (sulfide) groups is 1. The molecule has 1 fully saturated rings. The van der Waals surface area contributed by atoms with Gasteiger partial charge in [0.1, 0.15) is 6.29 Å². The van der Waals surface area contributed by atoms with E-state index >= 15 is 0 Å². The van der Waals surface area contributed by atoms with Crippen LogP contribution in [0.2, 0.25) is 0 Å². The number of allylic oxidation sites excluding steroid dienone is 1. The van der Waals surface area contributed by atoms with Crippen LogP contribution in [0.15, 0.2) is 35.7 Å². The second-order valence-corrected chi connectivity index (χ2v) is 5.61. The van der Waals surface area contributed by atoms with E-state index in [1.54, 1.807) is 0 Å². The molecule has 0 saturated heterocycles. The van der Waals surface area contributed by atoms with E-state index in [0.717, 1.165) is 17.8 Å². The molecule has 1 nitrogen and oxygen atoms in total. The van der Waals surface area contributed by atoms with Crippen molar-refractivity contribution >= 4 is 18.0 Å². The fourth-order valence-electron chi connectivity index (χ4n) is 2.93. The molecule has 82 valence electrons. The zero-order valence-electron chi connectivity index (χ0n) is 9.00. The Morgan fingerprint density at radius 2 is 2.12 bits per heavy atom. The smallest absolute Gasteiger partial charge is 0.150 e. The summed E-state index contributed by atoms with van der Waals surface area (Å²) in [6, 6.07) is 8.04. The van der Waals surface area contributed by atoms with Crippen molar-refractivity contribution < 1.29 is 4.79 Å². The molecule has 1 saturated carbocycles. The van der Waals surface area contributed by atoms with Gasteiger partial charge in [-0.05, 0) is 35.6 Å². The van der Waals surface area contributed by atoms with Crippen LogP contribution in [0.5, 0.6) is 0 Å². The van der Waals surface area contributed by atoms with Gasteiger partial charge in [-0.1, -0.05) is 30.3 Å². The van der Waals surface area contributed by atoms with Crippen molar-refractivity contribution in [1.82, 2.24) is 0 Å². The Labute approximate surface area is 99.9 Å². The van der Waals surface area contributed by atoms with Gasteiger partial charge in [-0.3, -0.25) is 4.79 Å². The van der Waals surface area contributed by atoms with E-state index in [2.05, 4.69) is 17.6 Å². The normalized spacial score (nSPS) is 31.6. The van der Waals surface area contributed by atoms with Crippen LogP contribution in [-0.4, -0.2) is 11.5 Å². The average molecular weight is 230 g/mol. The first-order chi connectivity index (χ1) is 7.90. The van der Waals surface area contributed by atoms with Gasteiger partial charge in [0.25, 0.3) is 0 Å². The minimum atomic E-state index is 0.561. The first kappa shape index (κ1) is 10.2. The Bertz CT molecular complexity index is 438. The number of carbonyl (C=O) groups excluding carboxylic acids is 1. The maximum absolute atomic E-state index is 11.1. The van der Waals surface area contributed by atoms with Crippen LogP contribution in [0.4, 0.5) is 0 Å². The van der Waals surface area contributed by atoms with Gasteiger partial charge < -0.3 is 0 Å². The zero-order chi connectivity index (χ0) is 11.0. The first-order valence-corrected chi connectivity index (χ1v) is 6.70. The molecule has 0 bridgehead atoms. The molecular weight excluding hydrogens is 216 g/mol. The van der Waals surface area contributed by atoms with E-state index in [4.69, 9.17) is 0 Å². The molecule has 0 radical (unpaired) electrons. The number of carbonyl (C=O) groups is 1. The Morgan fingerprint density at radius 1 is 1.25 bits per heavy atom. The maximum Gasteiger partial charge on any atom is 0.150 e. The third kappa shape index (κ3) is 1.52. The van der Waals surface area contributed by atoms with Crippen molar-refractivity contribution in [2.24, 2.45) is 5.92 Å². The lowest BCUT2D eigenvalue weighted by atomic mass is 9.92. The highest BCUT2D eigenvalue weighted by Crippen LogP contribution is 2.50. The molecular formula is C14H14OS. The number of benzene rings is 1. The van der Waals surface area contributed by atoms with Gasteiger partial charge >= 0.3 is 0 Å².